The van der Waals surface area contributed by atoms with Crippen LogP contribution in [0.5, 0.6) is 0 Å². The molecule has 10 heavy (non-hydrogen) atoms. The second-order valence-corrected chi connectivity index (χ2v) is 1.59. The second kappa shape index (κ2) is 8.88. The molecule has 0 amide bonds. The molecule has 0 fully saturated rings. The Morgan fingerprint density at radius 1 is 1.30 bits per heavy atom. The van der Waals surface area contributed by atoms with Gasteiger partial charge in [-0.2, -0.15) is 0 Å². The van der Waals surface area contributed by atoms with Crippen molar-refractivity contribution in [3.8, 4) is 0 Å². The molecule has 0 aliphatic heterocycles. The summed E-state index contributed by atoms with van der Waals surface area (Å²) in [4.78, 5) is 0. The molecular weight excluding hydrogens is 126 g/mol. The third kappa shape index (κ3) is 7.88. The van der Waals surface area contributed by atoms with E-state index in [4.69, 9.17) is 22.4 Å². The quantitative estimate of drug-likeness (QED) is 0.439. The first-order valence-corrected chi connectivity index (χ1v) is 3.05. The average molecular weight is 153 g/mol. The summed E-state index contributed by atoms with van der Waals surface area (Å²) in [5.74, 6) is 0. The lowest BCUT2D eigenvalue weighted by atomic mass is 10.3. The zero-order valence-electron chi connectivity index (χ0n) is 13.8. The maximum Gasteiger partial charge on any atom is 0.0428 e. The molecule has 0 saturated heterocycles. The number of hydrogen-bond acceptors (Lipinski definition) is 3. The highest BCUT2D eigenvalue weighted by atomic mass is 14.8. The van der Waals surface area contributed by atoms with Gasteiger partial charge in [-0.3, -0.25) is 0 Å². The Labute approximate surface area is 74.4 Å². The lowest BCUT2D eigenvalue weighted by Gasteiger charge is -2.01. The van der Waals surface area contributed by atoms with Crippen LogP contribution < -0.4 is 16.8 Å². The number of hydrogen-bond donors (Lipinski definition) is 3. The van der Waals surface area contributed by atoms with E-state index < -0.39 is 25.7 Å². The molecule has 3 nitrogen and oxygen atoms in total. The van der Waals surface area contributed by atoms with Gasteiger partial charge < -0.3 is 16.8 Å². The van der Waals surface area contributed by atoms with Crippen molar-refractivity contribution in [3.63, 3.8) is 0 Å². The normalized spacial score (nSPS) is 27.8. The first-order valence-electron chi connectivity index (χ1n) is 7.05. The Hall–Kier alpha value is -0.120. The molecule has 0 aliphatic rings. The molecule has 0 aromatic rings. The van der Waals surface area contributed by atoms with Gasteiger partial charge in [0.05, 0.1) is 0 Å². The van der Waals surface area contributed by atoms with Gasteiger partial charge in [0.15, 0.2) is 0 Å². The molecule has 0 aromatic carbocycles. The number of rotatable bonds is 7. The molecule has 5 N–H and O–H groups in total. The monoisotopic (exact) mass is 153 g/mol. The van der Waals surface area contributed by atoms with Crippen LogP contribution in [0.3, 0.4) is 0 Å². The summed E-state index contributed by atoms with van der Waals surface area (Å²) in [6, 6.07) is 0. The molecule has 0 rings (SSSR count). The highest BCUT2D eigenvalue weighted by Gasteiger charge is 1.85. The predicted octanol–water partition coefficient (Wildman–Crippen LogP) is -0.336. The molecule has 0 heterocycles. The third-order valence-electron chi connectivity index (χ3n) is 0.791. The fourth-order valence-electron chi connectivity index (χ4n) is 0.364. The van der Waals surface area contributed by atoms with E-state index in [9.17, 15) is 0 Å². The maximum atomic E-state index is 7.53. The van der Waals surface area contributed by atoms with Gasteiger partial charge in [-0.05, 0) is 45.2 Å². The van der Waals surface area contributed by atoms with Crippen LogP contribution in [0.25, 0.3) is 0 Å². The SMILES string of the molecule is [2H]C([2H])(N)C([2H])([2H])C([2H])([2H])C([2H])([2H])NCCCN. The lowest BCUT2D eigenvalue weighted by Crippen LogP contribution is -2.19. The maximum absolute atomic E-state index is 7.53. The first kappa shape index (κ1) is 2.73. The van der Waals surface area contributed by atoms with Gasteiger partial charge in [0.2, 0.25) is 0 Å². The number of nitrogens with two attached hydrogens (primary N) is 2. The van der Waals surface area contributed by atoms with Crippen LogP contribution in [0, 0.1) is 0 Å². The molecule has 0 spiro atoms. The Morgan fingerprint density at radius 2 is 2.10 bits per heavy atom. The zero-order valence-corrected chi connectivity index (χ0v) is 5.78. The minimum atomic E-state index is -3.21. The van der Waals surface area contributed by atoms with E-state index in [1.807, 2.05) is 0 Å². The summed E-state index contributed by atoms with van der Waals surface area (Å²) in [7, 11) is 0. The van der Waals surface area contributed by atoms with Gasteiger partial charge in [-0.15, -0.1) is 0 Å². The van der Waals surface area contributed by atoms with Gasteiger partial charge in [-0.25, -0.2) is 0 Å². The van der Waals surface area contributed by atoms with E-state index in [1.165, 1.54) is 0 Å². The van der Waals surface area contributed by atoms with Gasteiger partial charge in [0.25, 0.3) is 0 Å². The minimum Gasteiger partial charge on any atom is -0.330 e. The Morgan fingerprint density at radius 3 is 2.70 bits per heavy atom. The van der Waals surface area contributed by atoms with Crippen molar-refractivity contribution < 1.29 is 11.0 Å². The molecular formula is C7H19N3. The van der Waals surface area contributed by atoms with Crippen LogP contribution in [0.15, 0.2) is 0 Å². The lowest BCUT2D eigenvalue weighted by molar-refractivity contribution is 0.611. The average Bonchev–Trinajstić information content (AvgIpc) is 2.15. The van der Waals surface area contributed by atoms with E-state index >= 15 is 0 Å². The van der Waals surface area contributed by atoms with E-state index in [0.717, 1.165) is 0 Å². The molecule has 0 saturated carbocycles. The van der Waals surface area contributed by atoms with Gasteiger partial charge >= 0.3 is 0 Å². The van der Waals surface area contributed by atoms with Crippen LogP contribution >= 0.6 is 0 Å². The molecule has 0 aromatic heterocycles. The van der Waals surface area contributed by atoms with E-state index in [0.29, 0.717) is 6.42 Å². The molecule has 62 valence electrons. The zero-order chi connectivity index (χ0) is 14.8. The van der Waals surface area contributed by atoms with Crippen LogP contribution in [-0.2, 0) is 0 Å². The summed E-state index contributed by atoms with van der Waals surface area (Å²) >= 11 is 0. The fraction of sp³-hybridized carbons (Fsp3) is 1.00. The van der Waals surface area contributed by atoms with E-state index in [2.05, 4.69) is 5.32 Å². The summed E-state index contributed by atoms with van der Waals surface area (Å²) < 4.78 is 59.1. The first-order chi connectivity index (χ1) is 7.81. The Kier molecular flexibility index (Phi) is 2.43. The Bertz CT molecular complexity index is 274. The second-order valence-electron chi connectivity index (χ2n) is 1.59. The van der Waals surface area contributed by atoms with Crippen molar-refractivity contribution in [3.05, 3.63) is 0 Å². The summed E-state index contributed by atoms with van der Waals surface area (Å²) in [6.07, 6.45) is -5.99. The molecule has 0 aliphatic carbocycles. The third-order valence-corrected chi connectivity index (χ3v) is 0.791. The van der Waals surface area contributed by atoms with E-state index in [-0.39, 0.29) is 13.1 Å². The minimum absolute atomic E-state index is 0.0483. The topological polar surface area (TPSA) is 64.1 Å². The predicted molar refractivity (Wildman–Crippen MR) is 44.8 cm³/mol. The summed E-state index contributed by atoms with van der Waals surface area (Å²) in [6.45, 7) is -5.47. The van der Waals surface area contributed by atoms with Crippen molar-refractivity contribution in [2.75, 3.05) is 26.1 Å². The van der Waals surface area contributed by atoms with Gasteiger partial charge in [-0.1, -0.05) is 0 Å². The highest BCUT2D eigenvalue weighted by Crippen LogP contribution is 1.81. The van der Waals surface area contributed by atoms with E-state index in [1.54, 1.807) is 0 Å². The smallest absolute Gasteiger partial charge is 0.0428 e. The van der Waals surface area contributed by atoms with Crippen molar-refractivity contribution in [1.29, 1.82) is 0 Å². The van der Waals surface area contributed by atoms with Crippen LogP contribution in [-0.4, -0.2) is 26.1 Å². The van der Waals surface area contributed by atoms with Crippen molar-refractivity contribution in [2.45, 2.75) is 19.2 Å². The summed E-state index contributed by atoms with van der Waals surface area (Å²) in [5.41, 5.74) is 10.2. The van der Waals surface area contributed by atoms with Crippen molar-refractivity contribution >= 4 is 0 Å². The molecule has 0 bridgehead atoms. The molecule has 0 atom stereocenters. The van der Waals surface area contributed by atoms with Crippen molar-refractivity contribution in [2.24, 2.45) is 11.5 Å². The standard InChI is InChI=1S/C7H19N3/c8-4-1-2-6-10-7-3-5-9/h10H,1-9H2/i1D2,2D2,4D2,6D2. The highest BCUT2D eigenvalue weighted by molar-refractivity contribution is 4.49. The Balaban J connectivity index is 5.11. The van der Waals surface area contributed by atoms with Crippen LogP contribution in [0.1, 0.15) is 30.1 Å². The van der Waals surface area contributed by atoms with Gasteiger partial charge in [0, 0.05) is 11.0 Å². The van der Waals surface area contributed by atoms with Crippen LogP contribution in [0.2, 0.25) is 0 Å². The summed E-state index contributed by atoms with van der Waals surface area (Å²) in [5, 5.41) is 2.19. The number of nitrogens with one attached hydrogen (secondary N) is 1. The molecule has 0 unspecified atom stereocenters. The van der Waals surface area contributed by atoms with Crippen LogP contribution in [0.4, 0.5) is 0 Å². The fourth-order valence-corrected chi connectivity index (χ4v) is 0.364. The van der Waals surface area contributed by atoms with Crippen molar-refractivity contribution in [1.82, 2.24) is 5.32 Å². The van der Waals surface area contributed by atoms with Gasteiger partial charge in [0.1, 0.15) is 0 Å². The largest absolute Gasteiger partial charge is 0.330 e. The molecule has 3 heteroatoms. The molecule has 0 radical (unpaired) electrons.